The number of nitrogens with zero attached hydrogens (tertiary/aromatic N) is 1. The Hall–Kier alpha value is -1.88. The molecule has 138 valence electrons. The molecule has 1 amide bonds. The molecule has 0 bridgehead atoms. The molecule has 1 aliphatic carbocycles. The van der Waals surface area contributed by atoms with Crippen molar-refractivity contribution in [3.05, 3.63) is 35.9 Å². The van der Waals surface area contributed by atoms with Gasteiger partial charge in [0.2, 0.25) is 5.91 Å². The second-order valence-corrected chi connectivity index (χ2v) is 7.12. The van der Waals surface area contributed by atoms with Crippen LogP contribution >= 0.6 is 0 Å². The van der Waals surface area contributed by atoms with Crippen molar-refractivity contribution in [2.75, 3.05) is 19.6 Å². The summed E-state index contributed by atoms with van der Waals surface area (Å²) >= 11 is 0. The van der Waals surface area contributed by atoms with Crippen LogP contribution in [0.3, 0.4) is 0 Å². The average molecular weight is 346 g/mol. The molecule has 2 rings (SSSR count). The first kappa shape index (κ1) is 19.4. The lowest BCUT2D eigenvalue weighted by Crippen LogP contribution is -2.45. The van der Waals surface area contributed by atoms with Gasteiger partial charge >= 0.3 is 5.97 Å². The molecule has 0 saturated heterocycles. The van der Waals surface area contributed by atoms with E-state index in [1.54, 1.807) is 6.92 Å². The molecule has 1 aromatic carbocycles. The van der Waals surface area contributed by atoms with Gasteiger partial charge in [0.25, 0.3) is 0 Å². The molecule has 0 spiro atoms. The summed E-state index contributed by atoms with van der Waals surface area (Å²) < 4.78 is 0. The van der Waals surface area contributed by atoms with E-state index in [4.69, 9.17) is 0 Å². The van der Waals surface area contributed by atoms with Gasteiger partial charge in [0, 0.05) is 26.6 Å². The van der Waals surface area contributed by atoms with E-state index in [1.807, 2.05) is 4.90 Å². The molecule has 5 heteroatoms. The third-order valence-electron chi connectivity index (χ3n) is 5.29. The number of carboxylic acids is 1. The van der Waals surface area contributed by atoms with Gasteiger partial charge in [0.15, 0.2) is 0 Å². The number of benzene rings is 1. The Labute approximate surface area is 150 Å². The van der Waals surface area contributed by atoms with E-state index in [9.17, 15) is 14.7 Å². The van der Waals surface area contributed by atoms with Crippen LogP contribution in [0.5, 0.6) is 0 Å². The minimum Gasteiger partial charge on any atom is -0.480 e. The molecule has 1 aromatic rings. The second kappa shape index (κ2) is 9.56. The van der Waals surface area contributed by atoms with Crippen molar-refractivity contribution in [1.29, 1.82) is 0 Å². The average Bonchev–Trinajstić information content (AvgIpc) is 2.61. The zero-order valence-electron chi connectivity index (χ0n) is 15.3. The number of carbonyl (C=O) groups is 2. The van der Waals surface area contributed by atoms with Gasteiger partial charge in [-0.15, -0.1) is 0 Å². The summed E-state index contributed by atoms with van der Waals surface area (Å²) in [7, 11) is 0. The number of rotatable bonds is 8. The van der Waals surface area contributed by atoms with E-state index in [-0.39, 0.29) is 5.91 Å². The summed E-state index contributed by atoms with van der Waals surface area (Å²) in [6.07, 6.45) is 4.58. The van der Waals surface area contributed by atoms with Gasteiger partial charge in [-0.05, 0) is 50.0 Å². The Morgan fingerprint density at radius 2 is 1.84 bits per heavy atom. The van der Waals surface area contributed by atoms with Crippen LogP contribution in [0.15, 0.2) is 30.3 Å². The first-order chi connectivity index (χ1) is 12.0. The fraction of sp³-hybridized carbons (Fsp3) is 0.600. The minimum atomic E-state index is -0.805. The standard InChI is InChI=1S/C20H30N2O3/c1-15(20(24)25)22(13-12-21-16(2)23)14-17-8-10-19(11-9-17)18-6-4-3-5-7-18/h3-7,15,17,19H,8-14H2,1-2H3,(H,21,23)(H,24,25). The maximum Gasteiger partial charge on any atom is 0.320 e. The molecule has 1 unspecified atom stereocenters. The zero-order valence-corrected chi connectivity index (χ0v) is 15.3. The molecule has 0 radical (unpaired) electrons. The Balaban J connectivity index is 1.86. The maximum atomic E-state index is 11.4. The lowest BCUT2D eigenvalue weighted by molar-refractivity contribution is -0.142. The number of carbonyl (C=O) groups excluding carboxylic acids is 1. The third kappa shape index (κ3) is 6.16. The van der Waals surface area contributed by atoms with E-state index in [2.05, 4.69) is 35.6 Å². The Morgan fingerprint density at radius 1 is 1.20 bits per heavy atom. The fourth-order valence-electron chi connectivity index (χ4n) is 3.71. The normalized spacial score (nSPS) is 21.7. The number of hydrogen-bond donors (Lipinski definition) is 2. The van der Waals surface area contributed by atoms with Crippen LogP contribution in [-0.2, 0) is 9.59 Å². The fourth-order valence-corrected chi connectivity index (χ4v) is 3.71. The largest absolute Gasteiger partial charge is 0.480 e. The minimum absolute atomic E-state index is 0.0775. The summed E-state index contributed by atoms with van der Waals surface area (Å²) in [5.41, 5.74) is 1.42. The maximum absolute atomic E-state index is 11.4. The molecule has 0 heterocycles. The predicted molar refractivity (Wildman–Crippen MR) is 98.5 cm³/mol. The topological polar surface area (TPSA) is 69.6 Å². The molecule has 0 aromatic heterocycles. The van der Waals surface area contributed by atoms with Gasteiger partial charge in [-0.3, -0.25) is 14.5 Å². The molecule has 1 saturated carbocycles. The summed E-state index contributed by atoms with van der Waals surface area (Å²) in [6.45, 7) is 5.06. The summed E-state index contributed by atoms with van der Waals surface area (Å²) in [4.78, 5) is 24.4. The molecule has 1 atom stereocenters. The van der Waals surface area contributed by atoms with Gasteiger partial charge in [-0.1, -0.05) is 30.3 Å². The zero-order chi connectivity index (χ0) is 18.2. The molecular formula is C20H30N2O3. The lowest BCUT2D eigenvalue weighted by Gasteiger charge is -2.34. The van der Waals surface area contributed by atoms with Crippen molar-refractivity contribution in [2.45, 2.75) is 51.5 Å². The van der Waals surface area contributed by atoms with E-state index in [0.29, 0.717) is 24.9 Å². The third-order valence-corrected chi connectivity index (χ3v) is 5.29. The van der Waals surface area contributed by atoms with E-state index < -0.39 is 12.0 Å². The molecule has 0 aliphatic heterocycles. The molecule has 1 aliphatic rings. The van der Waals surface area contributed by atoms with Crippen LogP contribution < -0.4 is 5.32 Å². The van der Waals surface area contributed by atoms with Crippen LogP contribution in [0, 0.1) is 5.92 Å². The van der Waals surface area contributed by atoms with Gasteiger partial charge < -0.3 is 10.4 Å². The second-order valence-electron chi connectivity index (χ2n) is 7.12. The predicted octanol–water partition coefficient (Wildman–Crippen LogP) is 2.87. The van der Waals surface area contributed by atoms with Crippen LogP contribution in [0.4, 0.5) is 0 Å². The lowest BCUT2D eigenvalue weighted by atomic mass is 9.78. The smallest absolute Gasteiger partial charge is 0.320 e. The molecule has 2 N–H and O–H groups in total. The highest BCUT2D eigenvalue weighted by Gasteiger charge is 2.27. The van der Waals surface area contributed by atoms with E-state index >= 15 is 0 Å². The molecule has 1 fully saturated rings. The van der Waals surface area contributed by atoms with Crippen LogP contribution in [0.1, 0.15) is 51.0 Å². The quantitative estimate of drug-likeness (QED) is 0.759. The van der Waals surface area contributed by atoms with Crippen molar-refractivity contribution < 1.29 is 14.7 Å². The Bertz CT molecular complexity index is 553. The number of hydrogen-bond acceptors (Lipinski definition) is 3. The van der Waals surface area contributed by atoms with Crippen LogP contribution in [0.25, 0.3) is 0 Å². The SMILES string of the molecule is CC(=O)NCCN(CC1CCC(c2ccccc2)CC1)C(C)C(=O)O. The van der Waals surface area contributed by atoms with Crippen molar-refractivity contribution in [1.82, 2.24) is 10.2 Å². The number of amides is 1. The Kier molecular flexibility index (Phi) is 7.44. The van der Waals surface area contributed by atoms with Crippen molar-refractivity contribution in [3.63, 3.8) is 0 Å². The first-order valence-corrected chi connectivity index (χ1v) is 9.23. The Morgan fingerprint density at radius 3 is 2.40 bits per heavy atom. The summed E-state index contributed by atoms with van der Waals surface area (Å²) in [5.74, 6) is 0.272. The first-order valence-electron chi connectivity index (χ1n) is 9.23. The van der Waals surface area contributed by atoms with Gasteiger partial charge in [0.1, 0.15) is 6.04 Å². The molecular weight excluding hydrogens is 316 g/mol. The molecule has 25 heavy (non-hydrogen) atoms. The van der Waals surface area contributed by atoms with E-state index in [0.717, 1.165) is 32.2 Å². The monoisotopic (exact) mass is 346 g/mol. The van der Waals surface area contributed by atoms with Crippen molar-refractivity contribution in [2.24, 2.45) is 5.92 Å². The van der Waals surface area contributed by atoms with Crippen LogP contribution in [-0.4, -0.2) is 47.6 Å². The highest BCUT2D eigenvalue weighted by Crippen LogP contribution is 2.36. The van der Waals surface area contributed by atoms with Crippen molar-refractivity contribution >= 4 is 11.9 Å². The highest BCUT2D eigenvalue weighted by atomic mass is 16.4. The van der Waals surface area contributed by atoms with Gasteiger partial charge in [-0.25, -0.2) is 0 Å². The number of nitrogens with one attached hydrogen (secondary N) is 1. The number of aliphatic carboxylic acids is 1. The molecule has 5 nitrogen and oxygen atoms in total. The summed E-state index contributed by atoms with van der Waals surface area (Å²) in [5, 5.41) is 12.1. The van der Waals surface area contributed by atoms with Crippen LogP contribution in [0.2, 0.25) is 0 Å². The van der Waals surface area contributed by atoms with Gasteiger partial charge in [-0.2, -0.15) is 0 Å². The summed E-state index contributed by atoms with van der Waals surface area (Å²) in [6, 6.07) is 10.1. The van der Waals surface area contributed by atoms with Gasteiger partial charge in [0.05, 0.1) is 0 Å². The van der Waals surface area contributed by atoms with Crippen molar-refractivity contribution in [3.8, 4) is 0 Å². The number of carboxylic acid groups (broad SMARTS) is 1. The van der Waals surface area contributed by atoms with E-state index in [1.165, 1.54) is 12.5 Å². The highest BCUT2D eigenvalue weighted by molar-refractivity contribution is 5.73.